The van der Waals surface area contributed by atoms with Gasteiger partial charge in [0.15, 0.2) is 11.6 Å². The first kappa shape index (κ1) is 12.7. The van der Waals surface area contributed by atoms with Crippen molar-refractivity contribution in [3.05, 3.63) is 41.7 Å². The Bertz CT molecular complexity index is 468. The molecule has 0 saturated heterocycles. The predicted octanol–water partition coefficient (Wildman–Crippen LogP) is 3.57. The fourth-order valence-electron chi connectivity index (χ4n) is 2.34. The van der Waals surface area contributed by atoms with Crippen molar-refractivity contribution in [3.8, 4) is 5.75 Å². The Kier molecular flexibility index (Phi) is 3.83. The Morgan fingerprint density at radius 1 is 1.26 bits per heavy atom. The van der Waals surface area contributed by atoms with Crippen LogP contribution in [0.3, 0.4) is 0 Å². The minimum atomic E-state index is -0.255. The van der Waals surface area contributed by atoms with Gasteiger partial charge in [0.2, 0.25) is 0 Å². The molecule has 0 heterocycles. The van der Waals surface area contributed by atoms with Gasteiger partial charge in [0.25, 0.3) is 0 Å². The number of rotatable bonds is 5. The maximum Gasteiger partial charge on any atom is 0.165 e. The monoisotopic (exact) mass is 261 g/mol. The van der Waals surface area contributed by atoms with Gasteiger partial charge in [-0.1, -0.05) is 12.1 Å². The number of ether oxygens (including phenoxy) is 1. The first-order valence-corrected chi connectivity index (χ1v) is 7.16. The first-order valence-electron chi connectivity index (χ1n) is 7.16. The van der Waals surface area contributed by atoms with E-state index in [1.54, 1.807) is 12.1 Å². The van der Waals surface area contributed by atoms with Crippen molar-refractivity contribution < 1.29 is 9.13 Å². The Balaban J connectivity index is 1.61. The van der Waals surface area contributed by atoms with Gasteiger partial charge in [-0.3, -0.25) is 0 Å². The summed E-state index contributed by atoms with van der Waals surface area (Å²) >= 11 is 0. The minimum absolute atomic E-state index is 0.0266. The third-order valence-electron chi connectivity index (χ3n) is 3.66. The van der Waals surface area contributed by atoms with E-state index >= 15 is 0 Å². The van der Waals surface area contributed by atoms with Gasteiger partial charge >= 0.3 is 0 Å². The van der Waals surface area contributed by atoms with E-state index in [0.717, 1.165) is 31.4 Å². The highest BCUT2D eigenvalue weighted by Crippen LogP contribution is 2.24. The molecule has 0 amide bonds. The normalized spacial score (nSPS) is 22.5. The molecule has 3 rings (SSSR count). The summed E-state index contributed by atoms with van der Waals surface area (Å²) in [7, 11) is 0. The van der Waals surface area contributed by atoms with Crippen LogP contribution in [0.2, 0.25) is 0 Å². The van der Waals surface area contributed by atoms with Crippen molar-refractivity contribution >= 4 is 0 Å². The molecule has 0 bridgehead atoms. The Morgan fingerprint density at radius 2 is 2.16 bits per heavy atom. The van der Waals surface area contributed by atoms with Crippen LogP contribution in [0.1, 0.15) is 37.7 Å². The van der Waals surface area contributed by atoms with Crippen molar-refractivity contribution in [3.63, 3.8) is 0 Å². The van der Waals surface area contributed by atoms with E-state index in [-0.39, 0.29) is 11.9 Å². The SMILES string of the molecule is Fc1cc(CNC2CC2)ccc1OC1C=CCCC1. The van der Waals surface area contributed by atoms with E-state index in [2.05, 4.69) is 11.4 Å². The molecule has 0 aromatic heterocycles. The smallest absolute Gasteiger partial charge is 0.165 e. The van der Waals surface area contributed by atoms with Crippen LogP contribution in [-0.4, -0.2) is 12.1 Å². The second kappa shape index (κ2) is 5.74. The van der Waals surface area contributed by atoms with Crippen LogP contribution < -0.4 is 10.1 Å². The lowest BCUT2D eigenvalue weighted by Crippen LogP contribution is -2.17. The molecule has 19 heavy (non-hydrogen) atoms. The highest BCUT2D eigenvalue weighted by Gasteiger charge is 2.20. The zero-order valence-corrected chi connectivity index (χ0v) is 11.1. The number of allylic oxidation sites excluding steroid dienone is 1. The molecule has 2 nitrogen and oxygen atoms in total. The number of nitrogens with one attached hydrogen (secondary N) is 1. The topological polar surface area (TPSA) is 21.3 Å². The minimum Gasteiger partial charge on any atom is -0.483 e. The van der Waals surface area contributed by atoms with Gasteiger partial charge in [0, 0.05) is 12.6 Å². The molecule has 102 valence electrons. The Labute approximate surface area is 113 Å². The fraction of sp³-hybridized carbons (Fsp3) is 0.500. The number of hydrogen-bond donors (Lipinski definition) is 1. The second-order valence-electron chi connectivity index (χ2n) is 5.44. The van der Waals surface area contributed by atoms with Crippen LogP contribution in [0.15, 0.2) is 30.4 Å². The summed E-state index contributed by atoms with van der Waals surface area (Å²) in [5, 5.41) is 3.38. The van der Waals surface area contributed by atoms with Crippen molar-refractivity contribution in [2.75, 3.05) is 0 Å². The molecule has 2 aliphatic carbocycles. The summed E-state index contributed by atoms with van der Waals surface area (Å²) in [5.74, 6) is 0.112. The zero-order chi connectivity index (χ0) is 13.1. The zero-order valence-electron chi connectivity index (χ0n) is 11.1. The molecule has 2 aliphatic rings. The number of benzene rings is 1. The van der Waals surface area contributed by atoms with Gasteiger partial charge in [-0.2, -0.15) is 0 Å². The molecule has 1 N–H and O–H groups in total. The summed E-state index contributed by atoms with van der Waals surface area (Å²) < 4.78 is 19.7. The van der Waals surface area contributed by atoms with E-state index < -0.39 is 0 Å². The molecule has 1 aromatic rings. The first-order chi connectivity index (χ1) is 9.31. The van der Waals surface area contributed by atoms with Crippen LogP contribution >= 0.6 is 0 Å². The third kappa shape index (κ3) is 3.57. The van der Waals surface area contributed by atoms with E-state index in [9.17, 15) is 4.39 Å². The van der Waals surface area contributed by atoms with Gasteiger partial charge in [0.05, 0.1) is 0 Å². The summed E-state index contributed by atoms with van der Waals surface area (Å²) in [4.78, 5) is 0. The lowest BCUT2D eigenvalue weighted by Gasteiger charge is -2.19. The molecule has 0 radical (unpaired) electrons. The van der Waals surface area contributed by atoms with Crippen LogP contribution in [-0.2, 0) is 6.54 Å². The van der Waals surface area contributed by atoms with Gasteiger partial charge in [-0.05, 0) is 55.9 Å². The quantitative estimate of drug-likeness (QED) is 0.818. The largest absolute Gasteiger partial charge is 0.483 e. The predicted molar refractivity (Wildman–Crippen MR) is 73.7 cm³/mol. The summed E-state index contributed by atoms with van der Waals surface area (Å²) in [6.45, 7) is 0.741. The fourth-order valence-corrected chi connectivity index (χ4v) is 2.34. The van der Waals surface area contributed by atoms with Crippen molar-refractivity contribution in [2.24, 2.45) is 0 Å². The van der Waals surface area contributed by atoms with Crippen LogP contribution in [0.4, 0.5) is 4.39 Å². The van der Waals surface area contributed by atoms with Crippen molar-refractivity contribution in [1.82, 2.24) is 5.32 Å². The van der Waals surface area contributed by atoms with Gasteiger partial charge < -0.3 is 10.1 Å². The standard InChI is InChI=1S/C16H20FNO/c17-15-10-12(11-18-13-7-8-13)6-9-16(15)19-14-4-2-1-3-5-14/h2,4,6,9-10,13-14,18H,1,3,5,7-8,11H2. The number of halogens is 1. The average molecular weight is 261 g/mol. The van der Waals surface area contributed by atoms with Gasteiger partial charge in [0.1, 0.15) is 6.10 Å². The maximum absolute atomic E-state index is 14.0. The second-order valence-corrected chi connectivity index (χ2v) is 5.44. The van der Waals surface area contributed by atoms with E-state index in [1.165, 1.54) is 12.8 Å². The Hall–Kier alpha value is -1.35. The average Bonchev–Trinajstić information content (AvgIpc) is 3.25. The molecule has 1 aromatic carbocycles. The van der Waals surface area contributed by atoms with Gasteiger partial charge in [-0.15, -0.1) is 0 Å². The van der Waals surface area contributed by atoms with Crippen LogP contribution in [0, 0.1) is 5.82 Å². The van der Waals surface area contributed by atoms with E-state index in [1.807, 2.05) is 12.1 Å². The molecule has 1 unspecified atom stereocenters. The molecule has 1 saturated carbocycles. The Morgan fingerprint density at radius 3 is 2.84 bits per heavy atom. The highest BCUT2D eigenvalue weighted by molar-refractivity contribution is 5.30. The van der Waals surface area contributed by atoms with Crippen LogP contribution in [0.5, 0.6) is 5.75 Å². The molecule has 1 fully saturated rings. The molecular formula is C16H20FNO. The van der Waals surface area contributed by atoms with Crippen LogP contribution in [0.25, 0.3) is 0 Å². The summed E-state index contributed by atoms with van der Waals surface area (Å²) in [5.41, 5.74) is 0.982. The van der Waals surface area contributed by atoms with E-state index in [4.69, 9.17) is 4.74 Å². The molecule has 0 aliphatic heterocycles. The van der Waals surface area contributed by atoms with Gasteiger partial charge in [-0.25, -0.2) is 4.39 Å². The highest BCUT2D eigenvalue weighted by atomic mass is 19.1. The lowest BCUT2D eigenvalue weighted by atomic mass is 10.1. The summed E-state index contributed by atoms with van der Waals surface area (Å²) in [6.07, 6.45) is 9.86. The molecule has 1 atom stereocenters. The van der Waals surface area contributed by atoms with E-state index in [0.29, 0.717) is 11.8 Å². The number of hydrogen-bond acceptors (Lipinski definition) is 2. The third-order valence-corrected chi connectivity index (χ3v) is 3.66. The maximum atomic E-state index is 14.0. The molecule has 3 heteroatoms. The van der Waals surface area contributed by atoms with Crippen molar-refractivity contribution in [1.29, 1.82) is 0 Å². The van der Waals surface area contributed by atoms with Crippen molar-refractivity contribution in [2.45, 2.75) is 50.8 Å². The molecule has 0 spiro atoms. The summed E-state index contributed by atoms with van der Waals surface area (Å²) in [6, 6.07) is 5.92. The lowest BCUT2D eigenvalue weighted by molar-refractivity contribution is 0.220. The molecular weight excluding hydrogens is 241 g/mol.